The van der Waals surface area contributed by atoms with Crippen LogP contribution >= 0.6 is 11.8 Å². The number of aryl methyl sites for hydroxylation is 1. The van der Waals surface area contributed by atoms with Gasteiger partial charge in [-0.3, -0.25) is 4.79 Å². The number of carboxylic acid groups (broad SMARTS) is 1. The molecule has 15 heavy (non-hydrogen) atoms. The second kappa shape index (κ2) is 5.04. The zero-order chi connectivity index (χ0) is 11.4. The second-order valence-electron chi connectivity index (χ2n) is 3.30. The summed E-state index contributed by atoms with van der Waals surface area (Å²) in [7, 11) is 0. The van der Waals surface area contributed by atoms with E-state index in [9.17, 15) is 4.79 Å². The molecule has 1 aromatic rings. The summed E-state index contributed by atoms with van der Waals surface area (Å²) in [6, 6.07) is 4.82. The quantitative estimate of drug-likeness (QED) is 0.528. The number of benzene rings is 1. The Morgan fingerprint density at radius 3 is 2.80 bits per heavy atom. The molecule has 1 atom stereocenters. The van der Waals surface area contributed by atoms with Crippen LogP contribution in [0.4, 0.5) is 5.69 Å². The molecule has 5 heteroatoms. The molecule has 0 fully saturated rings. The maximum absolute atomic E-state index is 10.5. The van der Waals surface area contributed by atoms with Crippen LogP contribution in [-0.4, -0.2) is 22.9 Å². The molecule has 0 amide bonds. The zero-order valence-electron chi connectivity index (χ0n) is 8.43. The first-order valence-corrected chi connectivity index (χ1v) is 5.46. The van der Waals surface area contributed by atoms with Crippen LogP contribution in [0.5, 0.6) is 0 Å². The monoisotopic (exact) mass is 226 g/mol. The van der Waals surface area contributed by atoms with Crippen LogP contribution in [0.15, 0.2) is 23.1 Å². The minimum Gasteiger partial charge on any atom is -0.480 e. The van der Waals surface area contributed by atoms with Crippen molar-refractivity contribution >= 4 is 23.4 Å². The molecule has 0 spiro atoms. The predicted octanol–water partition coefficient (Wildman–Crippen LogP) is 1.08. The SMILES string of the molecule is Cc1ccc(SCC(N)C(=O)O)c(N)c1. The number of carboxylic acids is 1. The van der Waals surface area contributed by atoms with Crippen molar-refractivity contribution in [2.24, 2.45) is 5.73 Å². The first kappa shape index (κ1) is 11.9. The van der Waals surface area contributed by atoms with Gasteiger partial charge in [-0.1, -0.05) is 6.07 Å². The summed E-state index contributed by atoms with van der Waals surface area (Å²) < 4.78 is 0. The van der Waals surface area contributed by atoms with Crippen LogP contribution < -0.4 is 11.5 Å². The van der Waals surface area contributed by atoms with Gasteiger partial charge in [0.2, 0.25) is 0 Å². The lowest BCUT2D eigenvalue weighted by Crippen LogP contribution is -2.32. The van der Waals surface area contributed by atoms with Gasteiger partial charge in [-0.25, -0.2) is 0 Å². The van der Waals surface area contributed by atoms with Crippen LogP contribution in [0, 0.1) is 6.92 Å². The number of nitrogens with two attached hydrogens (primary N) is 2. The van der Waals surface area contributed by atoms with Gasteiger partial charge in [-0.15, -0.1) is 11.8 Å². The Kier molecular flexibility index (Phi) is 3.99. The highest BCUT2D eigenvalue weighted by molar-refractivity contribution is 7.99. The highest BCUT2D eigenvalue weighted by atomic mass is 32.2. The number of thioether (sulfide) groups is 1. The van der Waals surface area contributed by atoms with Crippen molar-refractivity contribution in [3.63, 3.8) is 0 Å². The number of hydrogen-bond acceptors (Lipinski definition) is 4. The summed E-state index contributed by atoms with van der Waals surface area (Å²) in [4.78, 5) is 11.4. The van der Waals surface area contributed by atoms with Gasteiger partial charge in [0.1, 0.15) is 6.04 Å². The van der Waals surface area contributed by atoms with E-state index < -0.39 is 12.0 Å². The number of hydrogen-bond donors (Lipinski definition) is 3. The molecule has 82 valence electrons. The van der Waals surface area contributed by atoms with E-state index in [1.807, 2.05) is 25.1 Å². The predicted molar refractivity (Wildman–Crippen MR) is 61.9 cm³/mol. The minimum absolute atomic E-state index is 0.322. The molecule has 1 aromatic carbocycles. The zero-order valence-corrected chi connectivity index (χ0v) is 9.25. The van der Waals surface area contributed by atoms with Gasteiger partial charge in [0.05, 0.1) is 0 Å². The van der Waals surface area contributed by atoms with Gasteiger partial charge in [0, 0.05) is 16.3 Å². The molecule has 0 aliphatic heterocycles. The Labute approximate surface area is 92.6 Å². The van der Waals surface area contributed by atoms with E-state index in [0.717, 1.165) is 10.5 Å². The lowest BCUT2D eigenvalue weighted by Gasteiger charge is -2.08. The first-order valence-electron chi connectivity index (χ1n) is 4.48. The third-order valence-electron chi connectivity index (χ3n) is 1.90. The summed E-state index contributed by atoms with van der Waals surface area (Å²) >= 11 is 1.36. The Balaban J connectivity index is 2.62. The molecule has 1 rings (SSSR count). The van der Waals surface area contributed by atoms with Crippen LogP contribution in [0.1, 0.15) is 5.56 Å². The van der Waals surface area contributed by atoms with Gasteiger partial charge in [0.25, 0.3) is 0 Å². The van der Waals surface area contributed by atoms with Crippen LogP contribution in [0.25, 0.3) is 0 Å². The fraction of sp³-hybridized carbons (Fsp3) is 0.300. The number of aliphatic carboxylic acids is 1. The van der Waals surface area contributed by atoms with Crippen LogP contribution in [0.3, 0.4) is 0 Å². The van der Waals surface area contributed by atoms with Crippen molar-refractivity contribution in [2.75, 3.05) is 11.5 Å². The van der Waals surface area contributed by atoms with Gasteiger partial charge < -0.3 is 16.6 Å². The van der Waals surface area contributed by atoms with Crippen molar-refractivity contribution in [2.45, 2.75) is 17.9 Å². The summed E-state index contributed by atoms with van der Waals surface area (Å²) in [6.45, 7) is 1.95. The van der Waals surface area contributed by atoms with E-state index >= 15 is 0 Å². The van der Waals surface area contributed by atoms with Crippen LogP contribution in [0.2, 0.25) is 0 Å². The van der Waals surface area contributed by atoms with Crippen LogP contribution in [-0.2, 0) is 4.79 Å². The normalized spacial score (nSPS) is 12.4. The smallest absolute Gasteiger partial charge is 0.321 e. The van der Waals surface area contributed by atoms with E-state index in [4.69, 9.17) is 16.6 Å². The van der Waals surface area contributed by atoms with Crippen molar-refractivity contribution in [1.82, 2.24) is 0 Å². The molecule has 0 saturated carbocycles. The summed E-state index contributed by atoms with van der Waals surface area (Å²) in [5.41, 5.74) is 12.9. The average Bonchev–Trinajstić information content (AvgIpc) is 2.15. The van der Waals surface area contributed by atoms with Crippen molar-refractivity contribution in [3.8, 4) is 0 Å². The lowest BCUT2D eigenvalue weighted by atomic mass is 10.2. The van der Waals surface area contributed by atoms with Crippen molar-refractivity contribution in [3.05, 3.63) is 23.8 Å². The topological polar surface area (TPSA) is 89.3 Å². The maximum atomic E-state index is 10.5. The Morgan fingerprint density at radius 2 is 2.27 bits per heavy atom. The molecular formula is C10H14N2O2S. The molecule has 0 radical (unpaired) electrons. The maximum Gasteiger partial charge on any atom is 0.321 e. The molecule has 0 heterocycles. The minimum atomic E-state index is -0.992. The third-order valence-corrected chi connectivity index (χ3v) is 3.11. The van der Waals surface area contributed by atoms with Crippen molar-refractivity contribution < 1.29 is 9.90 Å². The van der Waals surface area contributed by atoms with E-state index in [1.165, 1.54) is 11.8 Å². The highest BCUT2D eigenvalue weighted by Crippen LogP contribution is 2.25. The summed E-state index contributed by atoms with van der Waals surface area (Å²) in [5.74, 6) is -0.670. The highest BCUT2D eigenvalue weighted by Gasteiger charge is 2.12. The van der Waals surface area contributed by atoms with E-state index in [2.05, 4.69) is 0 Å². The lowest BCUT2D eigenvalue weighted by molar-refractivity contribution is -0.137. The largest absolute Gasteiger partial charge is 0.480 e. The number of nitrogen functional groups attached to an aromatic ring is 1. The first-order chi connectivity index (χ1) is 7.00. The molecule has 5 N–H and O–H groups in total. The number of rotatable bonds is 4. The fourth-order valence-corrected chi connectivity index (χ4v) is 1.94. The van der Waals surface area contributed by atoms with E-state index in [0.29, 0.717) is 11.4 Å². The average molecular weight is 226 g/mol. The Hall–Kier alpha value is -1.20. The van der Waals surface area contributed by atoms with Gasteiger partial charge in [-0.05, 0) is 24.6 Å². The van der Waals surface area contributed by atoms with E-state index in [1.54, 1.807) is 0 Å². The van der Waals surface area contributed by atoms with Crippen molar-refractivity contribution in [1.29, 1.82) is 0 Å². The molecule has 0 aliphatic carbocycles. The third kappa shape index (κ3) is 3.45. The Morgan fingerprint density at radius 1 is 1.60 bits per heavy atom. The number of carbonyl (C=O) groups is 1. The standard InChI is InChI=1S/C10H14N2O2S/c1-6-2-3-9(7(11)4-6)15-5-8(12)10(13)14/h2-4,8H,5,11-12H2,1H3,(H,13,14). The van der Waals surface area contributed by atoms with Gasteiger partial charge in [-0.2, -0.15) is 0 Å². The second-order valence-corrected chi connectivity index (χ2v) is 4.36. The molecular weight excluding hydrogens is 212 g/mol. The molecule has 1 unspecified atom stereocenters. The molecule has 4 nitrogen and oxygen atoms in total. The van der Waals surface area contributed by atoms with E-state index in [-0.39, 0.29) is 0 Å². The Bertz CT molecular complexity index is 368. The molecule has 0 bridgehead atoms. The summed E-state index contributed by atoms with van der Waals surface area (Å²) in [5, 5.41) is 8.60. The summed E-state index contributed by atoms with van der Waals surface area (Å²) in [6.07, 6.45) is 0. The number of anilines is 1. The fourth-order valence-electron chi connectivity index (χ4n) is 1.05. The molecule has 0 saturated heterocycles. The van der Waals surface area contributed by atoms with Gasteiger partial charge in [0.15, 0.2) is 0 Å². The molecule has 0 aromatic heterocycles. The van der Waals surface area contributed by atoms with Gasteiger partial charge >= 0.3 is 5.97 Å². The molecule has 0 aliphatic rings.